The Morgan fingerprint density at radius 2 is 2.27 bits per heavy atom. The van der Waals surface area contributed by atoms with Gasteiger partial charge >= 0.3 is 0 Å². The van der Waals surface area contributed by atoms with Crippen LogP contribution in [0.3, 0.4) is 0 Å². The average molecular weight is 242 g/mol. The Labute approximate surface area is 99.5 Å². The first-order chi connectivity index (χ1) is 7.13. The highest BCUT2D eigenvalue weighted by Crippen LogP contribution is 2.14. The third-order valence-corrected chi connectivity index (χ3v) is 2.39. The Balaban J connectivity index is 2.71. The molecule has 0 heterocycles. The molecule has 15 heavy (non-hydrogen) atoms. The summed E-state index contributed by atoms with van der Waals surface area (Å²) in [6.45, 7) is 2.00. The Hall–Kier alpha value is -1.13. The summed E-state index contributed by atoms with van der Waals surface area (Å²) in [5.41, 5.74) is 4.66. The van der Waals surface area contributed by atoms with Crippen molar-refractivity contribution in [2.45, 2.75) is 6.92 Å². The average Bonchev–Trinajstić information content (AvgIpc) is 2.23. The molecular weight excluding hydrogens is 230 g/mol. The number of aryl methyl sites for hydroxylation is 1. The predicted molar refractivity (Wildman–Crippen MR) is 68.6 cm³/mol. The van der Waals surface area contributed by atoms with E-state index in [0.29, 0.717) is 10.1 Å². The molecule has 0 aliphatic heterocycles. The van der Waals surface area contributed by atoms with E-state index in [1.807, 2.05) is 25.1 Å². The van der Waals surface area contributed by atoms with Crippen LogP contribution in [0.2, 0.25) is 5.02 Å². The Morgan fingerprint density at radius 3 is 2.93 bits per heavy atom. The van der Waals surface area contributed by atoms with Crippen LogP contribution < -0.4 is 10.7 Å². The summed E-state index contributed by atoms with van der Waals surface area (Å²) in [6.07, 6.45) is 1.64. The Morgan fingerprint density at radius 1 is 1.53 bits per heavy atom. The molecule has 0 aliphatic carbocycles. The minimum absolute atomic E-state index is 0.468. The van der Waals surface area contributed by atoms with E-state index in [2.05, 4.69) is 15.8 Å². The highest BCUT2D eigenvalue weighted by molar-refractivity contribution is 7.80. The molecule has 0 aliphatic rings. The summed E-state index contributed by atoms with van der Waals surface area (Å²) in [5.74, 6) is 0. The summed E-state index contributed by atoms with van der Waals surface area (Å²) < 4.78 is 0. The minimum Gasteiger partial charge on any atom is -0.364 e. The van der Waals surface area contributed by atoms with Crippen LogP contribution in [0, 0.1) is 6.92 Å². The van der Waals surface area contributed by atoms with Crippen molar-refractivity contribution in [2.75, 3.05) is 7.05 Å². The number of rotatable bonds is 2. The number of hydrogen-bond donors (Lipinski definition) is 2. The monoisotopic (exact) mass is 241 g/mol. The second-order valence-electron chi connectivity index (χ2n) is 2.97. The fourth-order valence-electron chi connectivity index (χ4n) is 0.978. The molecule has 0 radical (unpaired) electrons. The van der Waals surface area contributed by atoms with Gasteiger partial charge in [-0.15, -0.1) is 0 Å². The molecule has 1 aromatic rings. The molecule has 0 amide bonds. The molecule has 5 heteroatoms. The highest BCUT2D eigenvalue weighted by Gasteiger charge is 1.96. The lowest BCUT2D eigenvalue weighted by Crippen LogP contribution is -2.28. The number of nitrogens with one attached hydrogen (secondary N) is 2. The zero-order valence-electron chi connectivity index (χ0n) is 8.54. The van der Waals surface area contributed by atoms with E-state index in [0.717, 1.165) is 11.1 Å². The summed E-state index contributed by atoms with van der Waals surface area (Å²) in [7, 11) is 1.73. The zero-order valence-corrected chi connectivity index (χ0v) is 10.1. The lowest BCUT2D eigenvalue weighted by Gasteiger charge is -2.01. The normalized spacial score (nSPS) is 10.3. The number of halogens is 1. The second kappa shape index (κ2) is 5.68. The molecule has 1 rings (SSSR count). The van der Waals surface area contributed by atoms with E-state index in [1.54, 1.807) is 13.3 Å². The first kappa shape index (κ1) is 11.9. The Bertz CT molecular complexity index is 390. The van der Waals surface area contributed by atoms with Crippen molar-refractivity contribution >= 4 is 35.1 Å². The minimum atomic E-state index is 0.468. The highest BCUT2D eigenvalue weighted by atomic mass is 35.5. The summed E-state index contributed by atoms with van der Waals surface area (Å²) >= 11 is 10.8. The van der Waals surface area contributed by atoms with Gasteiger partial charge in [0.25, 0.3) is 0 Å². The number of nitrogens with zero attached hydrogens (tertiary/aromatic N) is 1. The second-order valence-corrected chi connectivity index (χ2v) is 3.79. The van der Waals surface area contributed by atoms with Crippen molar-refractivity contribution < 1.29 is 0 Å². The molecule has 0 fully saturated rings. The molecule has 0 saturated heterocycles. The third-order valence-electron chi connectivity index (χ3n) is 1.75. The van der Waals surface area contributed by atoms with Crippen LogP contribution in [-0.2, 0) is 0 Å². The van der Waals surface area contributed by atoms with Gasteiger partial charge in [0.2, 0.25) is 0 Å². The van der Waals surface area contributed by atoms with E-state index in [4.69, 9.17) is 23.8 Å². The van der Waals surface area contributed by atoms with Gasteiger partial charge in [0.05, 0.1) is 6.21 Å². The molecule has 2 N–H and O–H groups in total. The molecular formula is C10H12ClN3S. The molecule has 0 saturated carbocycles. The van der Waals surface area contributed by atoms with Crippen LogP contribution in [0.4, 0.5) is 0 Å². The van der Waals surface area contributed by atoms with E-state index in [-0.39, 0.29) is 0 Å². The molecule has 0 atom stereocenters. The van der Waals surface area contributed by atoms with Crippen LogP contribution in [0.15, 0.2) is 23.3 Å². The molecule has 0 spiro atoms. The van der Waals surface area contributed by atoms with Gasteiger partial charge in [-0.2, -0.15) is 5.10 Å². The molecule has 0 bridgehead atoms. The van der Waals surface area contributed by atoms with Gasteiger partial charge in [-0.1, -0.05) is 23.2 Å². The van der Waals surface area contributed by atoms with Crippen molar-refractivity contribution in [3.05, 3.63) is 34.3 Å². The van der Waals surface area contributed by atoms with Gasteiger partial charge in [0.1, 0.15) is 0 Å². The van der Waals surface area contributed by atoms with Crippen LogP contribution in [0.1, 0.15) is 11.1 Å². The molecule has 0 aromatic heterocycles. The van der Waals surface area contributed by atoms with Gasteiger partial charge in [0.15, 0.2) is 5.11 Å². The molecule has 1 aromatic carbocycles. The van der Waals surface area contributed by atoms with E-state index in [9.17, 15) is 0 Å². The largest absolute Gasteiger partial charge is 0.364 e. The number of benzene rings is 1. The van der Waals surface area contributed by atoms with Crippen LogP contribution >= 0.6 is 23.8 Å². The van der Waals surface area contributed by atoms with Crippen LogP contribution in [0.25, 0.3) is 0 Å². The number of hydrogen-bond acceptors (Lipinski definition) is 2. The fraction of sp³-hybridized carbons (Fsp3) is 0.200. The summed E-state index contributed by atoms with van der Waals surface area (Å²) in [6, 6.07) is 5.75. The lowest BCUT2D eigenvalue weighted by atomic mass is 10.1. The number of thiocarbonyl (C=S) groups is 1. The standard InChI is InChI=1S/C10H12ClN3S/c1-7-3-4-9(11)8(5-7)6-13-14-10(15)12-2/h3-6H,1-2H3,(H2,12,14,15)/b13-6-. The maximum absolute atomic E-state index is 5.98. The molecule has 0 unspecified atom stereocenters. The molecule has 80 valence electrons. The van der Waals surface area contributed by atoms with Gasteiger partial charge in [-0.3, -0.25) is 5.43 Å². The van der Waals surface area contributed by atoms with Crippen molar-refractivity contribution in [1.82, 2.24) is 10.7 Å². The van der Waals surface area contributed by atoms with Crippen LogP contribution in [-0.4, -0.2) is 18.4 Å². The first-order valence-electron chi connectivity index (χ1n) is 4.40. The Kier molecular flexibility index (Phi) is 4.52. The van der Waals surface area contributed by atoms with Gasteiger partial charge in [0, 0.05) is 17.6 Å². The van der Waals surface area contributed by atoms with Crippen molar-refractivity contribution in [1.29, 1.82) is 0 Å². The topological polar surface area (TPSA) is 36.4 Å². The first-order valence-corrected chi connectivity index (χ1v) is 5.19. The van der Waals surface area contributed by atoms with Crippen molar-refractivity contribution in [3.63, 3.8) is 0 Å². The predicted octanol–water partition coefficient (Wildman–Crippen LogP) is 2.08. The van der Waals surface area contributed by atoms with Gasteiger partial charge in [-0.25, -0.2) is 0 Å². The quantitative estimate of drug-likeness (QED) is 0.473. The fourth-order valence-corrected chi connectivity index (χ4v) is 1.20. The van der Waals surface area contributed by atoms with Crippen molar-refractivity contribution in [3.8, 4) is 0 Å². The molecule has 3 nitrogen and oxygen atoms in total. The third kappa shape index (κ3) is 3.85. The SMILES string of the molecule is CNC(=S)N/N=C\c1cc(C)ccc1Cl. The summed E-state index contributed by atoms with van der Waals surface area (Å²) in [5, 5.41) is 7.84. The van der Waals surface area contributed by atoms with Gasteiger partial charge in [-0.05, 0) is 31.3 Å². The zero-order chi connectivity index (χ0) is 11.3. The maximum atomic E-state index is 5.98. The summed E-state index contributed by atoms with van der Waals surface area (Å²) in [4.78, 5) is 0. The lowest BCUT2D eigenvalue weighted by molar-refractivity contribution is 0.982. The van der Waals surface area contributed by atoms with Crippen molar-refractivity contribution in [2.24, 2.45) is 5.10 Å². The van der Waals surface area contributed by atoms with Crippen LogP contribution in [0.5, 0.6) is 0 Å². The maximum Gasteiger partial charge on any atom is 0.186 e. The van der Waals surface area contributed by atoms with E-state index < -0.39 is 0 Å². The number of hydrazone groups is 1. The smallest absolute Gasteiger partial charge is 0.186 e. The van der Waals surface area contributed by atoms with E-state index >= 15 is 0 Å². The van der Waals surface area contributed by atoms with Gasteiger partial charge < -0.3 is 5.32 Å². The van der Waals surface area contributed by atoms with E-state index in [1.165, 1.54) is 0 Å².